The Morgan fingerprint density at radius 3 is 2.29 bits per heavy atom. The normalized spacial score (nSPS) is 10.6. The van der Waals surface area contributed by atoms with E-state index in [9.17, 15) is 9.18 Å². The molecule has 0 bridgehead atoms. The molecule has 5 nitrogen and oxygen atoms in total. The van der Waals surface area contributed by atoms with E-state index in [4.69, 9.17) is 9.47 Å². The summed E-state index contributed by atoms with van der Waals surface area (Å²) in [6.45, 7) is 0.679. The number of methoxy groups -OCH3 is 2. The van der Waals surface area contributed by atoms with Gasteiger partial charge in [-0.15, -0.1) is 0 Å². The Morgan fingerprint density at radius 1 is 0.824 bits per heavy atom. The number of nitrogens with zero attached hydrogens (tertiary/aromatic N) is 2. The average Bonchev–Trinajstić information content (AvgIpc) is 2.88. The molecule has 6 heteroatoms. The molecule has 0 radical (unpaired) electrons. The maximum atomic E-state index is 13.7. The number of carbonyl (C=O) groups is 1. The smallest absolute Gasteiger partial charge is 0.254 e. The van der Waals surface area contributed by atoms with Gasteiger partial charge in [0.25, 0.3) is 5.91 Å². The molecule has 0 unspecified atom stereocenters. The molecule has 1 heterocycles. The predicted octanol–water partition coefficient (Wildman–Crippen LogP) is 5.75. The van der Waals surface area contributed by atoms with E-state index >= 15 is 0 Å². The van der Waals surface area contributed by atoms with Crippen molar-refractivity contribution in [2.45, 2.75) is 13.1 Å². The topological polar surface area (TPSA) is 51.7 Å². The summed E-state index contributed by atoms with van der Waals surface area (Å²) in [7, 11) is 3.16. The zero-order chi connectivity index (χ0) is 23.9. The summed E-state index contributed by atoms with van der Waals surface area (Å²) in [6, 6.07) is 24.8. The van der Waals surface area contributed by atoms with Crippen LogP contribution in [0.4, 0.5) is 4.39 Å². The van der Waals surface area contributed by atoms with Crippen molar-refractivity contribution in [1.82, 2.24) is 9.88 Å². The highest BCUT2D eigenvalue weighted by Crippen LogP contribution is 2.29. The van der Waals surface area contributed by atoms with Crippen LogP contribution in [-0.2, 0) is 13.1 Å². The highest BCUT2D eigenvalue weighted by molar-refractivity contribution is 5.95. The molecule has 0 atom stereocenters. The van der Waals surface area contributed by atoms with Gasteiger partial charge in [-0.3, -0.25) is 9.78 Å². The lowest BCUT2D eigenvalue weighted by atomic mass is 10.0. The number of ether oxygens (including phenoxy) is 2. The van der Waals surface area contributed by atoms with E-state index in [-0.39, 0.29) is 11.7 Å². The zero-order valence-corrected chi connectivity index (χ0v) is 19.1. The summed E-state index contributed by atoms with van der Waals surface area (Å²) in [5.41, 5.74) is 3.67. The van der Waals surface area contributed by atoms with Gasteiger partial charge in [-0.25, -0.2) is 4.39 Å². The highest BCUT2D eigenvalue weighted by atomic mass is 19.1. The first-order chi connectivity index (χ1) is 16.6. The van der Waals surface area contributed by atoms with Gasteiger partial charge in [0.1, 0.15) is 5.82 Å². The monoisotopic (exact) mass is 456 g/mol. The molecule has 34 heavy (non-hydrogen) atoms. The first-order valence-corrected chi connectivity index (χ1v) is 10.8. The van der Waals surface area contributed by atoms with Gasteiger partial charge in [-0.2, -0.15) is 0 Å². The van der Waals surface area contributed by atoms with Gasteiger partial charge in [0.15, 0.2) is 11.5 Å². The first kappa shape index (κ1) is 23.0. The molecular formula is C28H25FN2O3. The Hall–Kier alpha value is -4.19. The number of amides is 1. The minimum atomic E-state index is -0.320. The van der Waals surface area contributed by atoms with E-state index < -0.39 is 0 Å². The quantitative estimate of drug-likeness (QED) is 0.339. The van der Waals surface area contributed by atoms with Gasteiger partial charge in [0.05, 0.1) is 26.5 Å². The van der Waals surface area contributed by atoms with Crippen molar-refractivity contribution in [1.29, 1.82) is 0 Å². The van der Waals surface area contributed by atoms with Crippen molar-refractivity contribution >= 4 is 5.91 Å². The molecule has 0 saturated heterocycles. The lowest BCUT2D eigenvalue weighted by Gasteiger charge is -2.23. The van der Waals surface area contributed by atoms with Gasteiger partial charge < -0.3 is 14.4 Å². The summed E-state index contributed by atoms with van der Waals surface area (Å²) >= 11 is 0. The maximum absolute atomic E-state index is 13.7. The van der Waals surface area contributed by atoms with Crippen LogP contribution in [0.25, 0.3) is 11.1 Å². The molecule has 0 N–H and O–H groups in total. The lowest BCUT2D eigenvalue weighted by molar-refractivity contribution is 0.0727. The van der Waals surface area contributed by atoms with E-state index in [0.29, 0.717) is 35.7 Å². The molecule has 0 fully saturated rings. The molecule has 0 saturated carbocycles. The summed E-state index contributed by atoms with van der Waals surface area (Å²) in [5, 5.41) is 0. The second-order valence-corrected chi connectivity index (χ2v) is 7.76. The summed E-state index contributed by atoms with van der Waals surface area (Å²) in [4.78, 5) is 19.8. The van der Waals surface area contributed by atoms with E-state index in [1.54, 1.807) is 43.5 Å². The van der Waals surface area contributed by atoms with Crippen molar-refractivity contribution in [3.63, 3.8) is 0 Å². The Morgan fingerprint density at radius 2 is 1.59 bits per heavy atom. The third kappa shape index (κ3) is 5.41. The molecule has 3 aromatic carbocycles. The number of hydrogen-bond acceptors (Lipinski definition) is 4. The molecule has 172 valence electrons. The predicted molar refractivity (Wildman–Crippen MR) is 129 cm³/mol. The van der Waals surface area contributed by atoms with Gasteiger partial charge >= 0.3 is 0 Å². The number of halogens is 1. The van der Waals surface area contributed by atoms with Crippen LogP contribution in [0, 0.1) is 5.82 Å². The fourth-order valence-corrected chi connectivity index (χ4v) is 3.77. The number of hydrogen-bond donors (Lipinski definition) is 0. The lowest BCUT2D eigenvalue weighted by Crippen LogP contribution is -2.30. The van der Waals surface area contributed by atoms with Crippen LogP contribution < -0.4 is 9.47 Å². The van der Waals surface area contributed by atoms with Crippen LogP contribution in [0.1, 0.15) is 21.6 Å². The Bertz CT molecular complexity index is 1280. The minimum Gasteiger partial charge on any atom is -0.493 e. The van der Waals surface area contributed by atoms with Crippen molar-refractivity contribution < 1.29 is 18.7 Å². The number of benzene rings is 3. The highest BCUT2D eigenvalue weighted by Gasteiger charge is 2.19. The molecule has 0 aliphatic rings. The van der Waals surface area contributed by atoms with Gasteiger partial charge in [-0.05, 0) is 65.2 Å². The molecule has 4 rings (SSSR count). The summed E-state index contributed by atoms with van der Waals surface area (Å²) in [6.07, 6.45) is 1.71. The van der Waals surface area contributed by atoms with E-state index in [0.717, 1.165) is 16.8 Å². The molecule has 0 aliphatic carbocycles. The van der Waals surface area contributed by atoms with Crippen LogP contribution in [0.3, 0.4) is 0 Å². The Labute approximate surface area is 198 Å². The van der Waals surface area contributed by atoms with Crippen LogP contribution >= 0.6 is 0 Å². The van der Waals surface area contributed by atoms with Gasteiger partial charge in [0, 0.05) is 18.3 Å². The zero-order valence-electron chi connectivity index (χ0n) is 19.1. The molecule has 4 aromatic rings. The molecule has 0 aliphatic heterocycles. The standard InChI is InChI=1S/C28H25FN2O3/c1-33-26-13-12-20(15-27(26)34-2)18-31(19-25-11-3-4-14-30-25)28(32)23-9-5-7-21(16-23)22-8-6-10-24(29)17-22/h3-17H,18-19H2,1-2H3. The maximum Gasteiger partial charge on any atom is 0.254 e. The average molecular weight is 457 g/mol. The van der Waals surface area contributed by atoms with Crippen molar-refractivity contribution in [2.75, 3.05) is 14.2 Å². The molecule has 1 aromatic heterocycles. The second kappa shape index (κ2) is 10.6. The summed E-state index contributed by atoms with van der Waals surface area (Å²) < 4.78 is 24.5. The molecule has 1 amide bonds. The van der Waals surface area contributed by atoms with E-state index in [1.807, 2.05) is 54.6 Å². The van der Waals surface area contributed by atoms with Gasteiger partial charge in [0.2, 0.25) is 0 Å². The number of pyridine rings is 1. The van der Waals surface area contributed by atoms with Crippen LogP contribution in [0.15, 0.2) is 91.1 Å². The van der Waals surface area contributed by atoms with Gasteiger partial charge in [-0.1, -0.05) is 36.4 Å². The SMILES string of the molecule is COc1ccc(CN(Cc2ccccn2)C(=O)c2cccc(-c3cccc(F)c3)c2)cc1OC. The molecular weight excluding hydrogens is 431 g/mol. The minimum absolute atomic E-state index is 0.154. The second-order valence-electron chi connectivity index (χ2n) is 7.76. The van der Waals surface area contributed by atoms with Crippen LogP contribution in [-0.4, -0.2) is 30.0 Å². The third-order valence-electron chi connectivity index (χ3n) is 5.46. The van der Waals surface area contributed by atoms with Crippen molar-refractivity contribution in [2.24, 2.45) is 0 Å². The fraction of sp³-hybridized carbons (Fsp3) is 0.143. The van der Waals surface area contributed by atoms with E-state index in [2.05, 4.69) is 4.98 Å². The first-order valence-electron chi connectivity index (χ1n) is 10.8. The fourth-order valence-electron chi connectivity index (χ4n) is 3.77. The number of rotatable bonds is 8. The van der Waals surface area contributed by atoms with Crippen LogP contribution in [0.5, 0.6) is 11.5 Å². The number of aromatic nitrogens is 1. The third-order valence-corrected chi connectivity index (χ3v) is 5.46. The van der Waals surface area contributed by atoms with Crippen LogP contribution in [0.2, 0.25) is 0 Å². The van der Waals surface area contributed by atoms with E-state index in [1.165, 1.54) is 12.1 Å². The van der Waals surface area contributed by atoms with Crippen molar-refractivity contribution in [3.8, 4) is 22.6 Å². The summed E-state index contributed by atoms with van der Waals surface area (Å²) in [5.74, 6) is 0.744. The largest absolute Gasteiger partial charge is 0.493 e. The Kier molecular flexibility index (Phi) is 7.18. The Balaban J connectivity index is 1.66. The molecule has 0 spiro atoms. The number of carbonyl (C=O) groups excluding carboxylic acids is 1. The van der Waals surface area contributed by atoms with Crippen molar-refractivity contribution in [3.05, 3.63) is 114 Å².